The summed E-state index contributed by atoms with van der Waals surface area (Å²) in [6.07, 6.45) is 4.23. The summed E-state index contributed by atoms with van der Waals surface area (Å²) in [4.78, 5) is 21.0. The first-order valence-electron chi connectivity index (χ1n) is 8.58. The quantitative estimate of drug-likeness (QED) is 0.182. The predicted octanol–water partition coefficient (Wildman–Crippen LogP) is 1.21. The Labute approximate surface area is 159 Å². The van der Waals surface area contributed by atoms with E-state index in [0.29, 0.717) is 37.9 Å². The molecule has 3 rings (SSSR count). The van der Waals surface area contributed by atoms with Crippen LogP contribution >= 0.6 is 0 Å². The van der Waals surface area contributed by atoms with Crippen molar-refractivity contribution >= 4 is 11.9 Å². The fourth-order valence-corrected chi connectivity index (χ4v) is 1.53. The molecule has 3 saturated heterocycles. The van der Waals surface area contributed by atoms with Gasteiger partial charge in [-0.05, 0) is 0 Å². The molecule has 3 aliphatic rings. The van der Waals surface area contributed by atoms with Crippen LogP contribution in [0.25, 0.3) is 0 Å². The van der Waals surface area contributed by atoms with Crippen molar-refractivity contribution in [2.45, 2.75) is 24.7 Å². The van der Waals surface area contributed by atoms with Crippen molar-refractivity contribution in [3.8, 4) is 0 Å². The maximum atomic E-state index is 10.7. The molecular formula is C19H28O8. The normalized spacial score (nSPS) is 23.2. The van der Waals surface area contributed by atoms with Gasteiger partial charge in [0.25, 0.3) is 0 Å². The van der Waals surface area contributed by atoms with E-state index in [4.69, 9.17) is 18.9 Å². The second-order valence-corrected chi connectivity index (χ2v) is 5.83. The van der Waals surface area contributed by atoms with E-state index < -0.39 is 0 Å². The van der Waals surface area contributed by atoms with Crippen molar-refractivity contribution < 1.29 is 38.0 Å². The van der Waals surface area contributed by atoms with Crippen LogP contribution in [0.1, 0.15) is 6.42 Å². The highest BCUT2D eigenvalue weighted by molar-refractivity contribution is 5.87. The fraction of sp³-hybridized carbons (Fsp3) is 0.579. The third kappa shape index (κ3) is 13.8. The molecule has 0 aromatic rings. The van der Waals surface area contributed by atoms with E-state index in [-0.39, 0.29) is 24.1 Å². The molecule has 0 N–H and O–H groups in total. The summed E-state index contributed by atoms with van der Waals surface area (Å²) in [5, 5.41) is 0. The first-order valence-corrected chi connectivity index (χ1v) is 8.58. The summed E-state index contributed by atoms with van der Waals surface area (Å²) in [5.41, 5.74) is 0.491. The lowest BCUT2D eigenvalue weighted by atomic mass is 10.2. The number of ether oxygens (including phenoxy) is 6. The van der Waals surface area contributed by atoms with Crippen molar-refractivity contribution in [3.63, 3.8) is 0 Å². The lowest BCUT2D eigenvalue weighted by molar-refractivity contribution is -0.138. The lowest BCUT2D eigenvalue weighted by Crippen LogP contribution is -2.06. The van der Waals surface area contributed by atoms with E-state index in [9.17, 15) is 9.59 Å². The number of hydrogen-bond acceptors (Lipinski definition) is 8. The zero-order valence-corrected chi connectivity index (χ0v) is 15.7. The van der Waals surface area contributed by atoms with Crippen LogP contribution < -0.4 is 0 Å². The van der Waals surface area contributed by atoms with E-state index in [1.54, 1.807) is 6.08 Å². The maximum Gasteiger partial charge on any atom is 0.333 e. The van der Waals surface area contributed by atoms with Crippen molar-refractivity contribution in [3.05, 3.63) is 37.5 Å². The van der Waals surface area contributed by atoms with Crippen molar-refractivity contribution in [1.29, 1.82) is 0 Å². The maximum absolute atomic E-state index is 10.7. The van der Waals surface area contributed by atoms with Gasteiger partial charge in [-0.1, -0.05) is 19.2 Å². The Balaban J connectivity index is 0.000000204. The molecule has 0 saturated carbocycles. The van der Waals surface area contributed by atoms with Gasteiger partial charge in [0.1, 0.15) is 18.8 Å². The Hall–Kier alpha value is -2.00. The highest BCUT2D eigenvalue weighted by atomic mass is 16.6. The summed E-state index contributed by atoms with van der Waals surface area (Å²) in [7, 11) is 1.35. The summed E-state index contributed by atoms with van der Waals surface area (Å²) in [6, 6.07) is 0. The Morgan fingerprint density at radius 1 is 1.04 bits per heavy atom. The third-order valence-corrected chi connectivity index (χ3v) is 3.27. The van der Waals surface area contributed by atoms with Crippen molar-refractivity contribution in [1.82, 2.24) is 0 Å². The molecule has 27 heavy (non-hydrogen) atoms. The number of carbonyl (C=O) groups is 2. The monoisotopic (exact) mass is 384 g/mol. The Kier molecular flexibility index (Phi) is 11.3. The number of methoxy groups -OCH3 is 1. The van der Waals surface area contributed by atoms with Gasteiger partial charge >= 0.3 is 11.9 Å². The Bertz CT molecular complexity index is 504. The molecule has 3 aliphatic heterocycles. The number of carbonyl (C=O) groups excluding carboxylic acids is 2. The standard InChI is InChI=1S/C7H10O3.C6H8O3.C6H10O2/c1-5(7(8)9-2)3-6-4-10-6;1-2-6(7)9-4-5-3-8-5;1-2-3-7-4-6-5-8-6/h6H,1,3-4H2,2H3;2,5H,1,3-4H2;2,6H,1,3-5H2. The minimum Gasteiger partial charge on any atom is -0.466 e. The highest BCUT2D eigenvalue weighted by Crippen LogP contribution is 2.18. The van der Waals surface area contributed by atoms with Crippen LogP contribution in [0, 0.1) is 0 Å². The van der Waals surface area contributed by atoms with Crippen LogP contribution in [-0.4, -0.2) is 77.0 Å². The van der Waals surface area contributed by atoms with E-state index in [1.807, 2.05) is 0 Å². The Morgan fingerprint density at radius 3 is 2.04 bits per heavy atom. The molecule has 0 amide bonds. The molecule has 0 aliphatic carbocycles. The largest absolute Gasteiger partial charge is 0.466 e. The van der Waals surface area contributed by atoms with Gasteiger partial charge in [0.15, 0.2) is 0 Å². The minimum atomic E-state index is -0.384. The van der Waals surface area contributed by atoms with Gasteiger partial charge in [-0.15, -0.1) is 6.58 Å². The lowest BCUT2D eigenvalue weighted by Gasteiger charge is -1.98. The van der Waals surface area contributed by atoms with Gasteiger partial charge in [0.2, 0.25) is 0 Å². The summed E-state index contributed by atoms with van der Waals surface area (Å²) >= 11 is 0. The summed E-state index contributed by atoms with van der Waals surface area (Å²) in [5.74, 6) is -0.721. The van der Waals surface area contributed by atoms with Gasteiger partial charge in [-0.3, -0.25) is 0 Å². The third-order valence-electron chi connectivity index (χ3n) is 3.27. The van der Waals surface area contributed by atoms with E-state index in [2.05, 4.69) is 29.2 Å². The summed E-state index contributed by atoms with van der Waals surface area (Å²) in [6.45, 7) is 14.4. The average Bonchev–Trinajstić information content (AvgIpc) is 3.50. The molecule has 0 bridgehead atoms. The number of esters is 2. The summed E-state index contributed by atoms with van der Waals surface area (Å²) < 4.78 is 28.7. The molecule has 8 heteroatoms. The van der Waals surface area contributed by atoms with Crippen LogP contribution in [0.5, 0.6) is 0 Å². The molecule has 0 radical (unpaired) electrons. The molecule has 3 atom stereocenters. The van der Waals surface area contributed by atoms with Crippen molar-refractivity contribution in [2.24, 2.45) is 0 Å². The molecule has 3 unspecified atom stereocenters. The topological polar surface area (TPSA) is 99.4 Å². The molecular weight excluding hydrogens is 356 g/mol. The highest BCUT2D eigenvalue weighted by Gasteiger charge is 2.25. The molecule has 3 fully saturated rings. The van der Waals surface area contributed by atoms with Crippen LogP contribution in [-0.2, 0) is 38.0 Å². The van der Waals surface area contributed by atoms with E-state index >= 15 is 0 Å². The van der Waals surface area contributed by atoms with Gasteiger partial charge in [-0.2, -0.15) is 0 Å². The van der Waals surface area contributed by atoms with Crippen molar-refractivity contribution in [2.75, 3.05) is 46.8 Å². The molecule has 0 spiro atoms. The average molecular weight is 384 g/mol. The second-order valence-electron chi connectivity index (χ2n) is 5.83. The molecule has 152 valence electrons. The van der Waals surface area contributed by atoms with Crippen LogP contribution in [0.4, 0.5) is 0 Å². The molecule has 8 nitrogen and oxygen atoms in total. The molecule has 0 aromatic carbocycles. The zero-order chi connectivity index (χ0) is 20.1. The van der Waals surface area contributed by atoms with Crippen LogP contribution in [0.15, 0.2) is 37.5 Å². The van der Waals surface area contributed by atoms with E-state index in [0.717, 1.165) is 25.9 Å². The predicted molar refractivity (Wildman–Crippen MR) is 97.2 cm³/mol. The second kappa shape index (κ2) is 13.2. The minimum absolute atomic E-state index is 0.147. The van der Waals surface area contributed by atoms with Crippen LogP contribution in [0.3, 0.4) is 0 Å². The van der Waals surface area contributed by atoms with Crippen LogP contribution in [0.2, 0.25) is 0 Å². The molecule has 0 aromatic heterocycles. The van der Waals surface area contributed by atoms with Gasteiger partial charge in [0, 0.05) is 18.1 Å². The van der Waals surface area contributed by atoms with Gasteiger partial charge in [-0.25, -0.2) is 9.59 Å². The Morgan fingerprint density at radius 2 is 1.59 bits per heavy atom. The van der Waals surface area contributed by atoms with E-state index in [1.165, 1.54) is 7.11 Å². The number of epoxide rings is 3. The molecule has 3 heterocycles. The number of rotatable bonds is 10. The fourth-order valence-electron chi connectivity index (χ4n) is 1.53. The SMILES string of the molecule is C=C(CC1CO1)C(=O)OC.C=CC(=O)OCC1CO1.C=CCOCC1CO1. The zero-order valence-electron chi connectivity index (χ0n) is 15.7. The number of hydrogen-bond donors (Lipinski definition) is 0. The van der Waals surface area contributed by atoms with Gasteiger partial charge < -0.3 is 28.4 Å². The smallest absolute Gasteiger partial charge is 0.333 e. The van der Waals surface area contributed by atoms with Gasteiger partial charge in [0.05, 0.1) is 46.2 Å². The first kappa shape index (κ1) is 23.0. The first-order chi connectivity index (χ1) is 13.0.